The maximum atomic E-state index is 13.6. The van der Waals surface area contributed by atoms with Gasteiger partial charge in [0.25, 0.3) is 5.56 Å². The number of fused-ring (bicyclic) bond motifs is 1. The normalized spacial score (nSPS) is 12.0. The van der Waals surface area contributed by atoms with E-state index in [0.29, 0.717) is 23.3 Å². The zero-order valence-electron chi connectivity index (χ0n) is 22.7. The Kier molecular flexibility index (Phi) is 7.48. The molecule has 0 aliphatic carbocycles. The summed E-state index contributed by atoms with van der Waals surface area (Å²) in [5.74, 6) is 2.30. The monoisotopic (exact) mass is 497 g/mol. The average Bonchev–Trinajstić information content (AvgIpc) is 2.86. The Morgan fingerprint density at radius 1 is 1.05 bits per heavy atom. The third-order valence-electron chi connectivity index (χ3n) is 6.05. The Morgan fingerprint density at radius 3 is 2.51 bits per heavy atom. The first-order valence-corrected chi connectivity index (χ1v) is 12.6. The number of nitrogens with zero attached hydrogens (tertiary/aromatic N) is 3. The van der Waals surface area contributed by atoms with Crippen LogP contribution in [0.25, 0.3) is 22.3 Å². The van der Waals surface area contributed by atoms with Crippen LogP contribution in [0.3, 0.4) is 0 Å². The number of methoxy groups -OCH3 is 1. The standard InChI is InChI=1S/C31H35N3O3/c1-20(2)25-17-26(21(3)15-28(25)36-7)29-33-27-14-9-8-13-24(27)30(35)34(29)32-18-22-11-10-12-23(16-22)37-19-31(4,5)6/h8-18,20H,19H2,1-7H3. The third-order valence-corrected chi connectivity index (χ3v) is 6.05. The van der Waals surface area contributed by atoms with Gasteiger partial charge in [-0.25, -0.2) is 4.98 Å². The molecule has 0 aliphatic heterocycles. The fourth-order valence-electron chi connectivity index (χ4n) is 4.08. The van der Waals surface area contributed by atoms with Crippen molar-refractivity contribution in [2.45, 2.75) is 47.5 Å². The molecule has 6 nitrogen and oxygen atoms in total. The molecule has 0 saturated carbocycles. The molecule has 6 heteroatoms. The smallest absolute Gasteiger partial charge is 0.282 e. The molecule has 0 radical (unpaired) electrons. The Balaban J connectivity index is 1.85. The van der Waals surface area contributed by atoms with Crippen LogP contribution in [0.2, 0.25) is 0 Å². The molecule has 4 rings (SSSR count). The van der Waals surface area contributed by atoms with E-state index in [1.54, 1.807) is 19.4 Å². The van der Waals surface area contributed by atoms with Gasteiger partial charge in [0.15, 0.2) is 5.82 Å². The molecular weight excluding hydrogens is 462 g/mol. The Bertz CT molecular complexity index is 1510. The number of aromatic nitrogens is 2. The van der Waals surface area contributed by atoms with Crippen LogP contribution in [0.4, 0.5) is 0 Å². The summed E-state index contributed by atoms with van der Waals surface area (Å²) in [6.07, 6.45) is 1.67. The molecule has 0 atom stereocenters. The fraction of sp³-hybridized carbons (Fsp3) is 0.323. The van der Waals surface area contributed by atoms with Crippen LogP contribution in [0, 0.1) is 12.3 Å². The van der Waals surface area contributed by atoms with E-state index in [1.807, 2.05) is 55.5 Å². The van der Waals surface area contributed by atoms with Gasteiger partial charge in [-0.3, -0.25) is 4.79 Å². The highest BCUT2D eigenvalue weighted by Gasteiger charge is 2.18. The minimum Gasteiger partial charge on any atom is -0.496 e. The van der Waals surface area contributed by atoms with Gasteiger partial charge in [0, 0.05) is 5.56 Å². The minimum atomic E-state index is -0.224. The maximum absolute atomic E-state index is 13.6. The van der Waals surface area contributed by atoms with Crippen molar-refractivity contribution >= 4 is 17.1 Å². The van der Waals surface area contributed by atoms with E-state index < -0.39 is 0 Å². The number of para-hydroxylation sites is 1. The molecule has 0 N–H and O–H groups in total. The van der Waals surface area contributed by atoms with Crippen LogP contribution >= 0.6 is 0 Å². The number of hydrogen-bond donors (Lipinski definition) is 0. The van der Waals surface area contributed by atoms with Crippen molar-refractivity contribution in [3.8, 4) is 22.9 Å². The predicted octanol–water partition coefficient (Wildman–Crippen LogP) is 6.81. The summed E-state index contributed by atoms with van der Waals surface area (Å²) in [7, 11) is 1.67. The van der Waals surface area contributed by atoms with Gasteiger partial charge in [-0.1, -0.05) is 58.9 Å². The van der Waals surface area contributed by atoms with Crippen molar-refractivity contribution in [1.29, 1.82) is 0 Å². The van der Waals surface area contributed by atoms with E-state index in [9.17, 15) is 4.79 Å². The molecule has 0 bridgehead atoms. The van der Waals surface area contributed by atoms with Gasteiger partial charge < -0.3 is 9.47 Å². The molecule has 0 unspecified atom stereocenters. The molecule has 0 aliphatic rings. The highest BCUT2D eigenvalue weighted by atomic mass is 16.5. The van der Waals surface area contributed by atoms with Crippen molar-refractivity contribution in [2.24, 2.45) is 10.5 Å². The van der Waals surface area contributed by atoms with E-state index in [2.05, 4.69) is 45.8 Å². The number of ether oxygens (including phenoxy) is 2. The van der Waals surface area contributed by atoms with Crippen LogP contribution in [0.15, 0.2) is 70.6 Å². The molecule has 4 aromatic rings. The maximum Gasteiger partial charge on any atom is 0.282 e. The number of benzene rings is 3. The van der Waals surface area contributed by atoms with Gasteiger partial charge in [0.2, 0.25) is 0 Å². The molecule has 3 aromatic carbocycles. The van der Waals surface area contributed by atoms with Gasteiger partial charge in [0.05, 0.1) is 30.8 Å². The van der Waals surface area contributed by atoms with Gasteiger partial charge in [-0.2, -0.15) is 9.78 Å². The quantitative estimate of drug-likeness (QED) is 0.263. The summed E-state index contributed by atoms with van der Waals surface area (Å²) in [5.41, 5.74) is 4.12. The van der Waals surface area contributed by atoms with Crippen LogP contribution < -0.4 is 15.0 Å². The lowest BCUT2D eigenvalue weighted by atomic mass is 9.96. The lowest BCUT2D eigenvalue weighted by Gasteiger charge is -2.19. The van der Waals surface area contributed by atoms with Crippen molar-refractivity contribution in [1.82, 2.24) is 9.66 Å². The topological polar surface area (TPSA) is 65.7 Å². The average molecular weight is 498 g/mol. The first kappa shape index (κ1) is 26.1. The number of rotatable bonds is 7. The molecular formula is C31H35N3O3. The van der Waals surface area contributed by atoms with Crippen LogP contribution in [-0.2, 0) is 0 Å². The Morgan fingerprint density at radius 2 is 1.81 bits per heavy atom. The second-order valence-electron chi connectivity index (χ2n) is 10.8. The Hall–Kier alpha value is -3.93. The molecule has 0 fully saturated rings. The summed E-state index contributed by atoms with van der Waals surface area (Å²) in [6, 6.07) is 19.1. The minimum absolute atomic E-state index is 0.0497. The van der Waals surface area contributed by atoms with Gasteiger partial charge in [0.1, 0.15) is 11.5 Å². The van der Waals surface area contributed by atoms with E-state index >= 15 is 0 Å². The highest BCUT2D eigenvalue weighted by molar-refractivity contribution is 5.82. The van der Waals surface area contributed by atoms with Crippen LogP contribution in [-0.4, -0.2) is 29.6 Å². The van der Waals surface area contributed by atoms with Crippen molar-refractivity contribution in [3.05, 3.63) is 87.7 Å². The molecule has 0 saturated heterocycles. The largest absolute Gasteiger partial charge is 0.496 e. The molecule has 0 spiro atoms. The summed E-state index contributed by atoms with van der Waals surface area (Å²) < 4.78 is 13.0. The summed E-state index contributed by atoms with van der Waals surface area (Å²) >= 11 is 0. The van der Waals surface area contributed by atoms with Crippen molar-refractivity contribution < 1.29 is 9.47 Å². The first-order valence-electron chi connectivity index (χ1n) is 12.6. The predicted molar refractivity (Wildman–Crippen MR) is 151 cm³/mol. The molecule has 1 aromatic heterocycles. The zero-order chi connectivity index (χ0) is 26.7. The lowest BCUT2D eigenvalue weighted by molar-refractivity contribution is 0.198. The van der Waals surface area contributed by atoms with E-state index in [-0.39, 0.29) is 16.9 Å². The SMILES string of the molecule is COc1cc(C)c(-c2nc3ccccc3c(=O)n2N=Cc2cccc(OCC(C)(C)C)c2)cc1C(C)C. The van der Waals surface area contributed by atoms with E-state index in [0.717, 1.165) is 33.8 Å². The van der Waals surface area contributed by atoms with Crippen LogP contribution in [0.1, 0.15) is 57.2 Å². The third kappa shape index (κ3) is 5.91. The van der Waals surface area contributed by atoms with E-state index in [4.69, 9.17) is 14.5 Å². The zero-order valence-corrected chi connectivity index (χ0v) is 22.7. The summed E-state index contributed by atoms with van der Waals surface area (Å²) in [5, 5.41) is 5.16. The number of hydrogen-bond acceptors (Lipinski definition) is 5. The Labute approximate surface area is 218 Å². The molecule has 37 heavy (non-hydrogen) atoms. The van der Waals surface area contributed by atoms with Gasteiger partial charge in [-0.05, 0) is 71.3 Å². The lowest BCUT2D eigenvalue weighted by Crippen LogP contribution is -2.21. The second kappa shape index (κ2) is 10.6. The first-order chi connectivity index (χ1) is 17.6. The molecule has 0 amide bonds. The van der Waals surface area contributed by atoms with Gasteiger partial charge >= 0.3 is 0 Å². The second-order valence-corrected chi connectivity index (χ2v) is 10.8. The van der Waals surface area contributed by atoms with Crippen molar-refractivity contribution in [2.75, 3.05) is 13.7 Å². The van der Waals surface area contributed by atoms with Gasteiger partial charge in [-0.15, -0.1) is 0 Å². The fourth-order valence-corrected chi connectivity index (χ4v) is 4.08. The number of aryl methyl sites for hydroxylation is 1. The van der Waals surface area contributed by atoms with E-state index in [1.165, 1.54) is 4.68 Å². The molecule has 1 heterocycles. The summed E-state index contributed by atoms with van der Waals surface area (Å²) in [6.45, 7) is 13.2. The highest BCUT2D eigenvalue weighted by Crippen LogP contribution is 2.34. The molecule has 192 valence electrons. The van der Waals surface area contributed by atoms with Crippen molar-refractivity contribution in [3.63, 3.8) is 0 Å². The summed E-state index contributed by atoms with van der Waals surface area (Å²) in [4.78, 5) is 18.5. The van der Waals surface area contributed by atoms with Crippen LogP contribution in [0.5, 0.6) is 11.5 Å².